The van der Waals surface area contributed by atoms with E-state index in [0.29, 0.717) is 5.69 Å². The van der Waals surface area contributed by atoms with Crippen molar-refractivity contribution in [3.63, 3.8) is 0 Å². The zero-order valence-electron chi connectivity index (χ0n) is 10.8. The smallest absolute Gasteiger partial charge is 0.328 e. The van der Waals surface area contributed by atoms with Crippen LogP contribution in [-0.4, -0.2) is 25.2 Å². The SMILES string of the molecule is COC(=O)C(NC(=O)Nc1ccccc1)C(C)C. The van der Waals surface area contributed by atoms with E-state index in [2.05, 4.69) is 15.4 Å². The van der Waals surface area contributed by atoms with Crippen LogP contribution in [0.25, 0.3) is 0 Å². The molecule has 5 nitrogen and oxygen atoms in total. The molecule has 2 amide bonds. The topological polar surface area (TPSA) is 67.4 Å². The Bertz CT molecular complexity index is 404. The predicted molar refractivity (Wildman–Crippen MR) is 69.2 cm³/mol. The van der Waals surface area contributed by atoms with Crippen LogP contribution in [0.15, 0.2) is 30.3 Å². The molecular formula is C13H18N2O3. The van der Waals surface area contributed by atoms with E-state index in [-0.39, 0.29) is 5.92 Å². The zero-order valence-corrected chi connectivity index (χ0v) is 10.8. The van der Waals surface area contributed by atoms with Gasteiger partial charge in [-0.3, -0.25) is 0 Å². The van der Waals surface area contributed by atoms with E-state index in [0.717, 1.165) is 0 Å². The van der Waals surface area contributed by atoms with Gasteiger partial charge in [-0.1, -0.05) is 32.0 Å². The van der Waals surface area contributed by atoms with Gasteiger partial charge in [-0.15, -0.1) is 0 Å². The summed E-state index contributed by atoms with van der Waals surface area (Å²) in [7, 11) is 1.30. The summed E-state index contributed by atoms with van der Waals surface area (Å²) in [6.07, 6.45) is 0. The number of urea groups is 1. The van der Waals surface area contributed by atoms with Gasteiger partial charge >= 0.3 is 12.0 Å². The van der Waals surface area contributed by atoms with E-state index < -0.39 is 18.0 Å². The minimum Gasteiger partial charge on any atom is -0.467 e. The highest BCUT2D eigenvalue weighted by molar-refractivity contribution is 5.92. The number of esters is 1. The third-order valence-electron chi connectivity index (χ3n) is 2.44. The number of rotatable bonds is 4. The third kappa shape index (κ3) is 4.08. The fourth-order valence-electron chi connectivity index (χ4n) is 1.45. The molecule has 1 aromatic carbocycles. The molecule has 0 heterocycles. The second kappa shape index (κ2) is 6.64. The third-order valence-corrected chi connectivity index (χ3v) is 2.44. The Hall–Kier alpha value is -2.04. The molecule has 1 rings (SSSR count). The molecule has 1 aromatic rings. The summed E-state index contributed by atoms with van der Waals surface area (Å²) in [6, 6.07) is 7.94. The van der Waals surface area contributed by atoms with Gasteiger partial charge in [0.25, 0.3) is 0 Å². The lowest BCUT2D eigenvalue weighted by molar-refractivity contribution is -0.143. The lowest BCUT2D eigenvalue weighted by Crippen LogP contribution is -2.46. The van der Waals surface area contributed by atoms with Gasteiger partial charge in [-0.25, -0.2) is 9.59 Å². The molecule has 0 radical (unpaired) electrons. The van der Waals surface area contributed by atoms with Crippen LogP contribution in [0.2, 0.25) is 0 Å². The maximum Gasteiger partial charge on any atom is 0.328 e. The monoisotopic (exact) mass is 250 g/mol. The minimum absolute atomic E-state index is 0.0426. The summed E-state index contributed by atoms with van der Waals surface area (Å²) < 4.78 is 4.64. The number of benzene rings is 1. The van der Waals surface area contributed by atoms with Gasteiger partial charge in [-0.05, 0) is 18.1 Å². The number of nitrogens with one attached hydrogen (secondary N) is 2. The van der Waals surface area contributed by atoms with Gasteiger partial charge in [0, 0.05) is 5.69 Å². The molecule has 1 unspecified atom stereocenters. The Morgan fingerprint density at radius 3 is 2.28 bits per heavy atom. The molecule has 1 atom stereocenters. The van der Waals surface area contributed by atoms with E-state index in [1.165, 1.54) is 7.11 Å². The van der Waals surface area contributed by atoms with Crippen molar-refractivity contribution in [1.29, 1.82) is 0 Å². The summed E-state index contributed by atoms with van der Waals surface area (Å²) in [6.45, 7) is 3.68. The van der Waals surface area contributed by atoms with Crippen molar-refractivity contribution < 1.29 is 14.3 Å². The molecule has 18 heavy (non-hydrogen) atoms. The number of hydrogen-bond acceptors (Lipinski definition) is 3. The molecule has 2 N–H and O–H groups in total. The van der Waals surface area contributed by atoms with Crippen LogP contribution < -0.4 is 10.6 Å². The molecular weight excluding hydrogens is 232 g/mol. The van der Waals surface area contributed by atoms with Crippen molar-refractivity contribution in [1.82, 2.24) is 5.32 Å². The minimum atomic E-state index is -0.654. The van der Waals surface area contributed by atoms with Crippen molar-refractivity contribution in [3.8, 4) is 0 Å². The number of carbonyl (C=O) groups excluding carboxylic acids is 2. The van der Waals surface area contributed by atoms with Crippen molar-refractivity contribution in [2.75, 3.05) is 12.4 Å². The van der Waals surface area contributed by atoms with Gasteiger partial charge in [-0.2, -0.15) is 0 Å². The lowest BCUT2D eigenvalue weighted by Gasteiger charge is -2.20. The maximum atomic E-state index is 11.7. The van der Waals surface area contributed by atoms with Crippen molar-refractivity contribution in [3.05, 3.63) is 30.3 Å². The van der Waals surface area contributed by atoms with E-state index >= 15 is 0 Å². The Kier molecular flexibility index (Phi) is 5.17. The van der Waals surface area contributed by atoms with Gasteiger partial charge in [0.05, 0.1) is 7.11 Å². The van der Waals surface area contributed by atoms with Crippen LogP contribution in [0.5, 0.6) is 0 Å². The number of amides is 2. The fourth-order valence-corrected chi connectivity index (χ4v) is 1.45. The summed E-state index contributed by atoms with van der Waals surface area (Å²) in [4.78, 5) is 23.2. The average Bonchev–Trinajstić information content (AvgIpc) is 2.36. The highest BCUT2D eigenvalue weighted by Gasteiger charge is 2.24. The first-order valence-electron chi connectivity index (χ1n) is 5.75. The first-order chi connectivity index (χ1) is 8.54. The van der Waals surface area contributed by atoms with Crippen molar-refractivity contribution in [2.24, 2.45) is 5.92 Å². The molecule has 0 saturated heterocycles. The standard InChI is InChI=1S/C13H18N2O3/c1-9(2)11(12(16)18-3)15-13(17)14-10-7-5-4-6-8-10/h4-9,11H,1-3H3,(H2,14,15,17). The van der Waals surface area contributed by atoms with Crippen molar-refractivity contribution in [2.45, 2.75) is 19.9 Å². The molecule has 0 aromatic heterocycles. The first-order valence-corrected chi connectivity index (χ1v) is 5.75. The molecule has 98 valence electrons. The normalized spacial score (nSPS) is 11.8. The van der Waals surface area contributed by atoms with E-state index in [9.17, 15) is 9.59 Å². The summed E-state index contributed by atoms with van der Waals surface area (Å²) in [5.41, 5.74) is 0.669. The molecule has 0 aliphatic carbocycles. The number of anilines is 1. The van der Waals surface area contributed by atoms with Crippen LogP contribution in [0.1, 0.15) is 13.8 Å². The van der Waals surface area contributed by atoms with Crippen LogP contribution in [0.4, 0.5) is 10.5 Å². The Labute approximate surface area is 107 Å². The van der Waals surface area contributed by atoms with E-state index in [4.69, 9.17) is 0 Å². The summed E-state index contributed by atoms with van der Waals surface area (Å²) in [5.74, 6) is -0.493. The zero-order chi connectivity index (χ0) is 13.5. The highest BCUT2D eigenvalue weighted by atomic mass is 16.5. The molecule has 0 spiro atoms. The average molecular weight is 250 g/mol. The lowest BCUT2D eigenvalue weighted by atomic mass is 10.1. The van der Waals surface area contributed by atoms with E-state index in [1.807, 2.05) is 32.0 Å². The molecule has 5 heteroatoms. The molecule has 0 bridgehead atoms. The molecule has 0 aliphatic heterocycles. The number of carbonyl (C=O) groups is 2. The van der Waals surface area contributed by atoms with Gasteiger partial charge in [0.1, 0.15) is 6.04 Å². The van der Waals surface area contributed by atoms with Gasteiger partial charge in [0.15, 0.2) is 0 Å². The van der Waals surface area contributed by atoms with Gasteiger partial charge < -0.3 is 15.4 Å². The number of methoxy groups -OCH3 is 1. The fraction of sp³-hybridized carbons (Fsp3) is 0.385. The predicted octanol–water partition coefficient (Wildman–Crippen LogP) is 2.01. The second-order valence-electron chi connectivity index (χ2n) is 4.21. The van der Waals surface area contributed by atoms with Crippen LogP contribution >= 0.6 is 0 Å². The maximum absolute atomic E-state index is 11.7. The van der Waals surface area contributed by atoms with E-state index in [1.54, 1.807) is 12.1 Å². The van der Waals surface area contributed by atoms with Crippen molar-refractivity contribution >= 4 is 17.7 Å². The van der Waals surface area contributed by atoms with Crippen LogP contribution in [0, 0.1) is 5.92 Å². The molecule has 0 saturated carbocycles. The first kappa shape index (κ1) is 14.0. The van der Waals surface area contributed by atoms with Crippen LogP contribution in [-0.2, 0) is 9.53 Å². The van der Waals surface area contributed by atoms with Crippen LogP contribution in [0.3, 0.4) is 0 Å². The molecule has 0 aliphatic rings. The Morgan fingerprint density at radius 2 is 1.78 bits per heavy atom. The number of ether oxygens (including phenoxy) is 1. The largest absolute Gasteiger partial charge is 0.467 e. The quantitative estimate of drug-likeness (QED) is 0.803. The summed E-state index contributed by atoms with van der Waals surface area (Å²) in [5, 5.41) is 5.24. The number of hydrogen-bond donors (Lipinski definition) is 2. The Morgan fingerprint density at radius 1 is 1.17 bits per heavy atom. The summed E-state index contributed by atoms with van der Waals surface area (Å²) >= 11 is 0. The Balaban J connectivity index is 2.60. The molecule has 0 fully saturated rings. The van der Waals surface area contributed by atoms with Gasteiger partial charge in [0.2, 0.25) is 0 Å². The number of para-hydroxylation sites is 1. The second-order valence-corrected chi connectivity index (χ2v) is 4.21. The highest BCUT2D eigenvalue weighted by Crippen LogP contribution is 2.07.